The van der Waals surface area contributed by atoms with Gasteiger partial charge in [0.25, 0.3) is 0 Å². The van der Waals surface area contributed by atoms with Crippen LogP contribution in [0.4, 0.5) is 0 Å². The molecule has 3 nitrogen and oxygen atoms in total. The van der Waals surface area contributed by atoms with Gasteiger partial charge in [0.2, 0.25) is 0 Å². The van der Waals surface area contributed by atoms with Crippen molar-refractivity contribution in [1.82, 2.24) is 0 Å². The van der Waals surface area contributed by atoms with Crippen LogP contribution in [-0.4, -0.2) is 0 Å². The first-order valence-corrected chi connectivity index (χ1v) is 1.04. The predicted molar refractivity (Wildman–Crippen MR) is 2.06 cm³/mol. The van der Waals surface area contributed by atoms with E-state index in [1.165, 1.54) is 0 Å². The van der Waals surface area contributed by atoms with Crippen LogP contribution in [0.5, 0.6) is 0 Å². The molecule has 0 aliphatic rings. The van der Waals surface area contributed by atoms with Crippen LogP contribution in [0.25, 0.3) is 0 Å². The molecule has 0 unspecified atom stereocenters. The number of hydrogen-bond acceptors (Lipinski definition) is 2. The second kappa shape index (κ2) is 117. The van der Waals surface area contributed by atoms with Crippen LogP contribution in [0.2, 0.25) is 0 Å². The third-order valence-electron chi connectivity index (χ3n) is 0. The Kier molecular flexibility index (Phi) is 527. The van der Waals surface area contributed by atoms with Gasteiger partial charge in [0.15, 0.2) is 0 Å². The summed E-state index contributed by atoms with van der Waals surface area (Å²) in [4.78, 5) is 0. The topological polar surface area (TPSA) is 62.6 Å². The van der Waals surface area contributed by atoms with Crippen molar-refractivity contribution in [1.29, 1.82) is 0 Å². The molecular formula is CuNiO3Zn. The Labute approximate surface area is 63.9 Å². The Balaban J connectivity index is -0.00000000500. The fraction of sp³-hybridized carbons (Fsp3) is 0. The molecule has 0 aromatic carbocycles. The van der Waals surface area contributed by atoms with Crippen LogP contribution < -0.4 is 0 Å². The molecule has 0 saturated carbocycles. The first kappa shape index (κ1) is 27.0. The summed E-state index contributed by atoms with van der Waals surface area (Å²) in [6.07, 6.45) is 0. The summed E-state index contributed by atoms with van der Waals surface area (Å²) in [5.74, 6) is 0. The average Bonchev–Trinajstić information content (AvgIpc) is 1.50. The second-order valence-electron chi connectivity index (χ2n) is 0. The average molecular weight is 236 g/mol. The Bertz CT molecular complexity index is 12.8. The van der Waals surface area contributed by atoms with Crippen molar-refractivity contribution < 1.29 is 64.0 Å². The smallest absolute Gasteiger partial charge is 2.00 e. The zero-order chi connectivity index (χ0) is 4.00. The molecule has 0 saturated heterocycles. The summed E-state index contributed by atoms with van der Waals surface area (Å²) in [6, 6.07) is 0. The molecule has 0 amide bonds. The fourth-order valence-corrected chi connectivity index (χ4v) is 0. The number of hydrogen-bond donors (Lipinski definition) is 0. The molecule has 0 heterocycles. The van der Waals surface area contributed by atoms with E-state index in [4.69, 9.17) is 7.73 Å². The van der Waals surface area contributed by atoms with E-state index in [2.05, 4.69) is 31.3 Å². The number of rotatable bonds is 0. The van der Waals surface area contributed by atoms with E-state index in [1.807, 2.05) is 0 Å². The molecule has 0 rings (SSSR count). The van der Waals surface area contributed by atoms with Crippen molar-refractivity contribution in [3.05, 3.63) is 0 Å². The molecule has 0 bridgehead atoms. The van der Waals surface area contributed by atoms with Gasteiger partial charge in [0.1, 0.15) is 0 Å². The van der Waals surface area contributed by atoms with Crippen LogP contribution in [0.3, 0.4) is 0 Å². The van der Waals surface area contributed by atoms with Crippen molar-refractivity contribution in [3.63, 3.8) is 0 Å². The first-order valence-electron chi connectivity index (χ1n) is 0.252. The predicted octanol–water partition coefficient (Wildman–Crippen LogP) is -0.364. The van der Waals surface area contributed by atoms with E-state index < -0.39 is 0 Å². The second-order valence-corrected chi connectivity index (χ2v) is 0. The van der Waals surface area contributed by atoms with Gasteiger partial charge in [-0.05, 0) is 0 Å². The molecule has 41 valence electrons. The van der Waals surface area contributed by atoms with Crippen molar-refractivity contribution in [2.45, 2.75) is 0 Å². The van der Waals surface area contributed by atoms with E-state index in [0.717, 1.165) is 0 Å². The molecule has 0 aromatic rings. The maximum absolute atomic E-state index is 7.88. The fourth-order valence-electron chi connectivity index (χ4n) is 0. The van der Waals surface area contributed by atoms with Crippen LogP contribution >= 0.6 is 0 Å². The van der Waals surface area contributed by atoms with Crippen LogP contribution in [0.15, 0.2) is 0 Å². The van der Waals surface area contributed by atoms with Gasteiger partial charge in [-0.3, -0.25) is 0 Å². The van der Waals surface area contributed by atoms with Crippen molar-refractivity contribution in [3.8, 4) is 0 Å². The van der Waals surface area contributed by atoms with Gasteiger partial charge >= 0.3 is 58.5 Å². The normalized spacial score (nSPS) is 2.00. The van der Waals surface area contributed by atoms with E-state index in [-0.39, 0.29) is 25.0 Å². The van der Waals surface area contributed by atoms with Crippen LogP contribution in [-0.2, 0) is 64.0 Å². The summed E-state index contributed by atoms with van der Waals surface area (Å²) in [7, 11) is 0. The van der Waals surface area contributed by atoms with Gasteiger partial charge in [-0.1, -0.05) is 0 Å². The Morgan fingerprint density at radius 2 is 1.17 bits per heavy atom. The van der Waals surface area contributed by atoms with Crippen molar-refractivity contribution in [2.75, 3.05) is 0 Å². The molecule has 0 atom stereocenters. The summed E-state index contributed by atoms with van der Waals surface area (Å²) in [5.41, 5.74) is 0. The molecule has 0 N–H and O–H groups in total. The summed E-state index contributed by atoms with van der Waals surface area (Å²) in [6.45, 7) is 0. The van der Waals surface area contributed by atoms with Gasteiger partial charge in [-0.25, -0.2) is 0 Å². The molecule has 0 aliphatic heterocycles. The maximum Gasteiger partial charge on any atom is 2.00 e. The summed E-state index contributed by atoms with van der Waals surface area (Å²) >= 11 is 5.56. The first-order chi connectivity index (χ1) is 2.00. The third kappa shape index (κ3) is 63.9. The SMILES string of the molecule is [O-2].[O]=[Cu].[O]=[Ni].[Zn+2]. The van der Waals surface area contributed by atoms with Gasteiger partial charge in [0.05, 0.1) is 0 Å². The van der Waals surface area contributed by atoms with E-state index in [9.17, 15) is 0 Å². The molecule has 6 heteroatoms. The third-order valence-corrected chi connectivity index (χ3v) is 0. The van der Waals surface area contributed by atoms with Crippen molar-refractivity contribution >= 4 is 0 Å². The molecule has 0 aliphatic carbocycles. The monoisotopic (exact) mass is 233 g/mol. The minimum Gasteiger partial charge on any atom is 2.00 e. The van der Waals surface area contributed by atoms with Crippen molar-refractivity contribution in [2.24, 2.45) is 0 Å². The zero-order valence-corrected chi connectivity index (χ0v) is 7.45. The molecule has 0 fully saturated rings. The minimum absolute atomic E-state index is 0. The summed E-state index contributed by atoms with van der Waals surface area (Å²) < 4.78 is 15.7. The Morgan fingerprint density at radius 3 is 1.17 bits per heavy atom. The van der Waals surface area contributed by atoms with Gasteiger partial charge < -0.3 is 5.48 Å². The van der Waals surface area contributed by atoms with Gasteiger partial charge in [0, 0.05) is 0 Å². The largest absolute Gasteiger partial charge is 2.00 e. The standard InChI is InChI=1S/Cu.Ni.3O.Zn/q;;;;-2;+2. The summed E-state index contributed by atoms with van der Waals surface area (Å²) in [5, 5.41) is 0. The Morgan fingerprint density at radius 1 is 1.17 bits per heavy atom. The molecule has 0 aromatic heterocycles. The minimum atomic E-state index is 0. The van der Waals surface area contributed by atoms with Crippen LogP contribution in [0, 0.1) is 0 Å². The van der Waals surface area contributed by atoms with E-state index in [1.54, 1.807) is 0 Å². The molecular weight excluding hydrogens is 236 g/mol. The zero-order valence-electron chi connectivity index (χ0n) is 2.55. The van der Waals surface area contributed by atoms with Gasteiger partial charge in [-0.15, -0.1) is 0 Å². The quantitative estimate of drug-likeness (QED) is 0.538. The van der Waals surface area contributed by atoms with Crippen LogP contribution in [0.1, 0.15) is 0 Å². The van der Waals surface area contributed by atoms with Gasteiger partial charge in [-0.2, -0.15) is 0 Å². The molecule has 6 heavy (non-hydrogen) atoms. The Hall–Kier alpha value is 1.20. The molecule has 0 spiro atoms. The maximum atomic E-state index is 7.88. The van der Waals surface area contributed by atoms with E-state index in [0.29, 0.717) is 0 Å². The van der Waals surface area contributed by atoms with E-state index >= 15 is 0 Å². The molecule has 0 radical (unpaired) electrons.